The summed E-state index contributed by atoms with van der Waals surface area (Å²) >= 11 is 0. The fourth-order valence-corrected chi connectivity index (χ4v) is 2.19. The van der Waals surface area contributed by atoms with Crippen LogP contribution < -0.4 is 15.4 Å². The summed E-state index contributed by atoms with van der Waals surface area (Å²) < 4.78 is 7.20. The predicted molar refractivity (Wildman–Crippen MR) is 88.1 cm³/mol. The lowest BCUT2D eigenvalue weighted by Gasteiger charge is -2.13. The number of para-hydroxylation sites is 1. The van der Waals surface area contributed by atoms with Gasteiger partial charge in [0, 0.05) is 26.8 Å². The molecule has 0 saturated carbocycles. The van der Waals surface area contributed by atoms with Crippen molar-refractivity contribution in [3.63, 3.8) is 0 Å². The summed E-state index contributed by atoms with van der Waals surface area (Å²) in [5.41, 5.74) is 2.28. The topological polar surface area (TPSA) is 63.5 Å². The number of aromatic nitrogens is 2. The Hall–Kier alpha value is -2.50. The van der Waals surface area contributed by atoms with Gasteiger partial charge in [-0.25, -0.2) is 0 Å². The minimum Gasteiger partial charge on any atom is -0.496 e. The zero-order valence-corrected chi connectivity index (χ0v) is 13.3. The Bertz CT molecular complexity index is 621. The zero-order valence-electron chi connectivity index (χ0n) is 13.3. The number of rotatable bonds is 6. The van der Waals surface area contributed by atoms with Gasteiger partial charge in [-0.3, -0.25) is 9.67 Å². The monoisotopic (exact) mass is 301 g/mol. The van der Waals surface area contributed by atoms with Crippen LogP contribution in [0, 0.1) is 0 Å². The SMILES string of the molecule is CN=C(NCCc1ccccc1OC)NCc1ccnn1C. The summed E-state index contributed by atoms with van der Waals surface area (Å²) in [5.74, 6) is 1.69. The lowest BCUT2D eigenvalue weighted by atomic mass is 10.1. The van der Waals surface area contributed by atoms with Crippen molar-refractivity contribution in [2.75, 3.05) is 20.7 Å². The summed E-state index contributed by atoms with van der Waals surface area (Å²) in [6, 6.07) is 10.0. The fraction of sp³-hybridized carbons (Fsp3) is 0.375. The molecular formula is C16H23N5O. The molecule has 0 fully saturated rings. The predicted octanol–water partition coefficient (Wildman–Crippen LogP) is 1.34. The Morgan fingerprint density at radius 3 is 2.77 bits per heavy atom. The molecule has 0 radical (unpaired) electrons. The Balaban J connectivity index is 1.80. The van der Waals surface area contributed by atoms with Crippen LogP contribution in [0.1, 0.15) is 11.3 Å². The summed E-state index contributed by atoms with van der Waals surface area (Å²) in [4.78, 5) is 4.22. The first-order valence-corrected chi connectivity index (χ1v) is 7.28. The lowest BCUT2D eigenvalue weighted by molar-refractivity contribution is 0.409. The van der Waals surface area contributed by atoms with E-state index in [0.717, 1.165) is 30.4 Å². The number of nitrogens with one attached hydrogen (secondary N) is 2. The average molecular weight is 301 g/mol. The van der Waals surface area contributed by atoms with E-state index in [9.17, 15) is 0 Å². The molecule has 2 N–H and O–H groups in total. The van der Waals surface area contributed by atoms with Crippen LogP contribution in [0.2, 0.25) is 0 Å². The number of hydrogen-bond donors (Lipinski definition) is 2. The third kappa shape index (κ3) is 4.25. The number of ether oxygens (including phenoxy) is 1. The summed E-state index contributed by atoms with van der Waals surface area (Å²) in [5, 5.41) is 10.7. The standard InChI is InChI=1S/C16H23N5O/c1-17-16(19-12-14-9-11-20-21(14)2)18-10-8-13-6-4-5-7-15(13)22-3/h4-7,9,11H,8,10,12H2,1-3H3,(H2,17,18,19). The molecular weight excluding hydrogens is 278 g/mol. The third-order valence-electron chi connectivity index (χ3n) is 3.46. The van der Waals surface area contributed by atoms with Crippen molar-refractivity contribution < 1.29 is 4.74 Å². The van der Waals surface area contributed by atoms with E-state index in [2.05, 4.69) is 26.8 Å². The number of guanidine groups is 1. The molecule has 1 heterocycles. The molecule has 0 atom stereocenters. The Kier molecular flexibility index (Phi) is 5.82. The molecule has 2 rings (SSSR count). The number of hydrogen-bond acceptors (Lipinski definition) is 3. The first-order chi connectivity index (χ1) is 10.7. The van der Waals surface area contributed by atoms with Crippen LogP contribution in [0.4, 0.5) is 0 Å². The second-order valence-electron chi connectivity index (χ2n) is 4.86. The number of aryl methyl sites for hydroxylation is 1. The van der Waals surface area contributed by atoms with Gasteiger partial charge >= 0.3 is 0 Å². The van der Waals surface area contributed by atoms with Crippen molar-refractivity contribution in [2.45, 2.75) is 13.0 Å². The van der Waals surface area contributed by atoms with Crippen molar-refractivity contribution >= 4 is 5.96 Å². The van der Waals surface area contributed by atoms with E-state index in [-0.39, 0.29) is 0 Å². The molecule has 0 aliphatic rings. The van der Waals surface area contributed by atoms with Crippen molar-refractivity contribution in [1.82, 2.24) is 20.4 Å². The molecule has 2 aromatic rings. The second kappa shape index (κ2) is 8.07. The van der Waals surface area contributed by atoms with Crippen LogP contribution in [0.3, 0.4) is 0 Å². The highest BCUT2D eigenvalue weighted by atomic mass is 16.5. The molecule has 0 saturated heterocycles. The molecule has 118 valence electrons. The lowest BCUT2D eigenvalue weighted by Crippen LogP contribution is -2.38. The van der Waals surface area contributed by atoms with Crippen molar-refractivity contribution in [3.8, 4) is 5.75 Å². The molecule has 1 aromatic carbocycles. The summed E-state index contributed by atoms with van der Waals surface area (Å²) in [7, 11) is 5.39. The maximum Gasteiger partial charge on any atom is 0.191 e. The second-order valence-corrected chi connectivity index (χ2v) is 4.86. The molecule has 1 aromatic heterocycles. The number of aliphatic imine (C=N–C) groups is 1. The van der Waals surface area contributed by atoms with Crippen LogP contribution in [-0.4, -0.2) is 36.4 Å². The maximum atomic E-state index is 5.36. The van der Waals surface area contributed by atoms with Gasteiger partial charge in [0.2, 0.25) is 0 Å². The molecule has 0 aliphatic heterocycles. The van der Waals surface area contributed by atoms with E-state index < -0.39 is 0 Å². The highest BCUT2D eigenvalue weighted by Gasteiger charge is 2.03. The largest absolute Gasteiger partial charge is 0.496 e. The summed E-state index contributed by atoms with van der Waals surface area (Å²) in [6.45, 7) is 1.47. The molecule has 0 bridgehead atoms. The van der Waals surface area contributed by atoms with Gasteiger partial charge in [-0.05, 0) is 24.1 Å². The van der Waals surface area contributed by atoms with Gasteiger partial charge in [0.25, 0.3) is 0 Å². The molecule has 6 nitrogen and oxygen atoms in total. The first kappa shape index (κ1) is 15.9. The van der Waals surface area contributed by atoms with E-state index in [1.54, 1.807) is 20.4 Å². The van der Waals surface area contributed by atoms with Crippen molar-refractivity contribution in [1.29, 1.82) is 0 Å². The molecule has 0 amide bonds. The van der Waals surface area contributed by atoms with Gasteiger partial charge in [0.05, 0.1) is 19.3 Å². The number of benzene rings is 1. The van der Waals surface area contributed by atoms with Crippen LogP contribution >= 0.6 is 0 Å². The van der Waals surface area contributed by atoms with Crippen LogP contribution in [0.5, 0.6) is 5.75 Å². The molecule has 0 unspecified atom stereocenters. The highest BCUT2D eigenvalue weighted by Crippen LogP contribution is 2.17. The average Bonchev–Trinajstić information content (AvgIpc) is 2.96. The van der Waals surface area contributed by atoms with Gasteiger partial charge in [-0.2, -0.15) is 5.10 Å². The zero-order chi connectivity index (χ0) is 15.8. The molecule has 0 spiro atoms. The molecule has 0 aliphatic carbocycles. The van der Waals surface area contributed by atoms with Crippen LogP contribution in [0.25, 0.3) is 0 Å². The molecule has 22 heavy (non-hydrogen) atoms. The maximum absolute atomic E-state index is 5.36. The van der Waals surface area contributed by atoms with E-state index in [0.29, 0.717) is 6.54 Å². The Morgan fingerprint density at radius 2 is 2.09 bits per heavy atom. The van der Waals surface area contributed by atoms with Crippen molar-refractivity contribution in [3.05, 3.63) is 47.8 Å². The number of methoxy groups -OCH3 is 1. The molecule has 6 heteroatoms. The minimum absolute atomic E-state index is 0.685. The van der Waals surface area contributed by atoms with Gasteiger partial charge < -0.3 is 15.4 Å². The van der Waals surface area contributed by atoms with Gasteiger partial charge in [0.15, 0.2) is 5.96 Å². The van der Waals surface area contributed by atoms with Gasteiger partial charge in [-0.1, -0.05) is 18.2 Å². The van der Waals surface area contributed by atoms with Crippen LogP contribution in [0.15, 0.2) is 41.5 Å². The van der Waals surface area contributed by atoms with E-state index >= 15 is 0 Å². The van der Waals surface area contributed by atoms with Gasteiger partial charge in [-0.15, -0.1) is 0 Å². The smallest absolute Gasteiger partial charge is 0.191 e. The first-order valence-electron chi connectivity index (χ1n) is 7.28. The highest BCUT2D eigenvalue weighted by molar-refractivity contribution is 5.79. The van der Waals surface area contributed by atoms with Crippen molar-refractivity contribution in [2.24, 2.45) is 12.0 Å². The Morgan fingerprint density at radius 1 is 1.27 bits per heavy atom. The third-order valence-corrected chi connectivity index (χ3v) is 3.46. The van der Waals surface area contributed by atoms with E-state index in [1.807, 2.05) is 36.0 Å². The minimum atomic E-state index is 0.685. The van der Waals surface area contributed by atoms with Gasteiger partial charge in [0.1, 0.15) is 5.75 Å². The quantitative estimate of drug-likeness (QED) is 0.624. The van der Waals surface area contributed by atoms with E-state index in [1.165, 1.54) is 5.56 Å². The van der Waals surface area contributed by atoms with Crippen LogP contribution in [-0.2, 0) is 20.0 Å². The summed E-state index contributed by atoms with van der Waals surface area (Å²) in [6.07, 6.45) is 2.66. The Labute approximate surface area is 131 Å². The van der Waals surface area contributed by atoms with E-state index in [4.69, 9.17) is 4.74 Å². The number of nitrogens with zero attached hydrogens (tertiary/aromatic N) is 3. The normalized spacial score (nSPS) is 11.3. The fourth-order valence-electron chi connectivity index (χ4n) is 2.19.